The van der Waals surface area contributed by atoms with Gasteiger partial charge in [0, 0.05) is 13.1 Å². The van der Waals surface area contributed by atoms with Crippen molar-refractivity contribution in [2.75, 3.05) is 17.2 Å². The van der Waals surface area contributed by atoms with Crippen molar-refractivity contribution >= 4 is 11.9 Å². The largest absolute Gasteiger partial charge is 0.368 e. The number of nitrogens with two attached hydrogens (primary N) is 1. The van der Waals surface area contributed by atoms with Crippen molar-refractivity contribution in [2.24, 2.45) is 0 Å². The van der Waals surface area contributed by atoms with Crippen LogP contribution in [0, 0.1) is 0 Å². The number of nitrogen functional groups attached to an aromatic ring is 1. The minimum atomic E-state index is 0.137. The van der Waals surface area contributed by atoms with Gasteiger partial charge < -0.3 is 15.2 Å². The van der Waals surface area contributed by atoms with E-state index in [4.69, 9.17) is 5.73 Å². The molecular formula is C10H11N11. The van der Waals surface area contributed by atoms with E-state index in [1.54, 1.807) is 6.33 Å². The predicted molar refractivity (Wildman–Crippen MR) is 70.2 cm³/mol. The van der Waals surface area contributed by atoms with Gasteiger partial charge in [-0.15, -0.1) is 10.2 Å². The highest BCUT2D eigenvalue weighted by atomic mass is 15.4. The van der Waals surface area contributed by atoms with Gasteiger partial charge in [0.1, 0.15) is 19.0 Å². The molecule has 0 amide bonds. The zero-order valence-corrected chi connectivity index (χ0v) is 10.9. The molecule has 0 saturated carbocycles. The number of aromatic nitrogens is 9. The molecule has 0 fully saturated rings. The Morgan fingerprint density at radius 2 is 1.95 bits per heavy atom. The third-order valence-electron chi connectivity index (χ3n) is 3.17. The summed E-state index contributed by atoms with van der Waals surface area (Å²) < 4.78 is 3.44. The zero-order valence-electron chi connectivity index (χ0n) is 10.9. The summed E-state index contributed by atoms with van der Waals surface area (Å²) in [6.07, 6.45) is 4.63. The van der Waals surface area contributed by atoms with Crippen molar-refractivity contribution in [1.82, 2.24) is 44.5 Å². The van der Waals surface area contributed by atoms with E-state index in [0.29, 0.717) is 18.4 Å². The van der Waals surface area contributed by atoms with Crippen molar-refractivity contribution in [1.29, 1.82) is 0 Å². The van der Waals surface area contributed by atoms with Crippen LogP contribution in [0.15, 0.2) is 19.0 Å². The predicted octanol–water partition coefficient (Wildman–Crippen LogP) is -1.35. The maximum Gasteiger partial charge on any atom is 0.258 e. The number of hydrogen-bond acceptors (Lipinski definition) is 9. The van der Waals surface area contributed by atoms with Crippen LogP contribution >= 0.6 is 0 Å². The molecule has 11 nitrogen and oxygen atoms in total. The van der Waals surface area contributed by atoms with E-state index in [9.17, 15) is 0 Å². The quantitative estimate of drug-likeness (QED) is 0.607. The van der Waals surface area contributed by atoms with Crippen molar-refractivity contribution in [3.8, 4) is 5.95 Å². The lowest BCUT2D eigenvalue weighted by Gasteiger charge is -2.27. The zero-order chi connectivity index (χ0) is 14.2. The molecular weight excluding hydrogens is 274 g/mol. The maximum atomic E-state index is 5.76. The Labute approximate surface area is 118 Å². The average molecular weight is 285 g/mol. The summed E-state index contributed by atoms with van der Waals surface area (Å²) in [6, 6.07) is 0. The molecule has 0 radical (unpaired) electrons. The van der Waals surface area contributed by atoms with Gasteiger partial charge in [0.25, 0.3) is 5.95 Å². The molecule has 0 aliphatic carbocycles. The van der Waals surface area contributed by atoms with Crippen LogP contribution < -0.4 is 10.6 Å². The Morgan fingerprint density at radius 1 is 1.05 bits per heavy atom. The normalized spacial score (nSPS) is 14.2. The van der Waals surface area contributed by atoms with Gasteiger partial charge in [0.2, 0.25) is 11.9 Å². The summed E-state index contributed by atoms with van der Waals surface area (Å²) in [7, 11) is 0. The molecule has 3 aromatic heterocycles. The van der Waals surface area contributed by atoms with Crippen LogP contribution in [0.1, 0.15) is 5.82 Å². The minimum Gasteiger partial charge on any atom is -0.368 e. The van der Waals surface area contributed by atoms with Crippen molar-refractivity contribution in [2.45, 2.75) is 13.1 Å². The van der Waals surface area contributed by atoms with Gasteiger partial charge in [-0.25, -0.2) is 4.98 Å². The summed E-state index contributed by atoms with van der Waals surface area (Å²) in [5.41, 5.74) is 5.76. The SMILES string of the molecule is Nc1nc(N2CCn3cnnc3C2)nc(-n2cncn2)n1. The second-order valence-electron chi connectivity index (χ2n) is 4.50. The summed E-state index contributed by atoms with van der Waals surface area (Å²) in [5, 5.41) is 12.0. The monoisotopic (exact) mass is 285 g/mol. The van der Waals surface area contributed by atoms with Gasteiger partial charge in [0.15, 0.2) is 5.82 Å². The third kappa shape index (κ3) is 2.04. The molecule has 0 spiro atoms. The lowest BCUT2D eigenvalue weighted by atomic mass is 10.4. The first-order valence-corrected chi connectivity index (χ1v) is 6.28. The lowest BCUT2D eigenvalue weighted by Crippen LogP contribution is -2.35. The fraction of sp³-hybridized carbons (Fsp3) is 0.300. The van der Waals surface area contributed by atoms with Crippen LogP contribution in [0.2, 0.25) is 0 Å². The van der Waals surface area contributed by atoms with Crippen LogP contribution in [0.4, 0.5) is 11.9 Å². The van der Waals surface area contributed by atoms with Gasteiger partial charge in [-0.05, 0) is 0 Å². The molecule has 2 N–H and O–H groups in total. The molecule has 1 aliphatic heterocycles. The number of nitrogens with zero attached hydrogens (tertiary/aromatic N) is 10. The second-order valence-corrected chi connectivity index (χ2v) is 4.50. The molecule has 0 bridgehead atoms. The van der Waals surface area contributed by atoms with Crippen LogP contribution in [0.25, 0.3) is 5.95 Å². The summed E-state index contributed by atoms with van der Waals surface area (Å²) >= 11 is 0. The number of rotatable bonds is 2. The number of anilines is 2. The third-order valence-corrected chi connectivity index (χ3v) is 3.17. The van der Waals surface area contributed by atoms with Crippen LogP contribution in [-0.4, -0.2) is 51.0 Å². The van der Waals surface area contributed by atoms with Gasteiger partial charge in [-0.3, -0.25) is 0 Å². The number of hydrogen-bond donors (Lipinski definition) is 1. The summed E-state index contributed by atoms with van der Waals surface area (Å²) in [5.74, 6) is 1.82. The molecule has 0 saturated heterocycles. The Kier molecular flexibility index (Phi) is 2.49. The minimum absolute atomic E-state index is 0.137. The van der Waals surface area contributed by atoms with E-state index < -0.39 is 0 Å². The lowest BCUT2D eigenvalue weighted by molar-refractivity contribution is 0.550. The van der Waals surface area contributed by atoms with Crippen LogP contribution in [0.5, 0.6) is 0 Å². The van der Waals surface area contributed by atoms with E-state index in [0.717, 1.165) is 18.9 Å². The summed E-state index contributed by atoms with van der Waals surface area (Å²) in [4.78, 5) is 18.5. The van der Waals surface area contributed by atoms with Gasteiger partial charge in [-0.1, -0.05) is 0 Å². The van der Waals surface area contributed by atoms with Crippen molar-refractivity contribution < 1.29 is 0 Å². The molecule has 0 unspecified atom stereocenters. The summed E-state index contributed by atoms with van der Waals surface area (Å²) in [6.45, 7) is 2.08. The first kappa shape index (κ1) is 11.7. The van der Waals surface area contributed by atoms with E-state index in [2.05, 4.69) is 35.2 Å². The Balaban J connectivity index is 1.70. The van der Waals surface area contributed by atoms with Gasteiger partial charge in [-0.2, -0.15) is 24.7 Å². The second kappa shape index (κ2) is 4.47. The van der Waals surface area contributed by atoms with Gasteiger partial charge in [0.05, 0.1) is 6.54 Å². The average Bonchev–Trinajstić information content (AvgIpc) is 3.17. The van der Waals surface area contributed by atoms with Crippen molar-refractivity contribution in [3.63, 3.8) is 0 Å². The first-order chi connectivity index (χ1) is 10.3. The molecule has 3 aromatic rings. The van der Waals surface area contributed by atoms with Crippen LogP contribution in [0.3, 0.4) is 0 Å². The van der Waals surface area contributed by atoms with E-state index >= 15 is 0 Å². The molecule has 0 aromatic carbocycles. The fourth-order valence-electron chi connectivity index (χ4n) is 2.16. The molecule has 106 valence electrons. The number of fused-ring (bicyclic) bond motifs is 1. The van der Waals surface area contributed by atoms with E-state index in [-0.39, 0.29) is 5.95 Å². The molecule has 1 aliphatic rings. The molecule has 0 atom stereocenters. The Morgan fingerprint density at radius 3 is 2.81 bits per heavy atom. The standard InChI is InChI=1S/C10H11N11/c11-8-15-9(17-10(16-8)21-5-12-4-14-21)19-1-2-20-6-13-18-7(20)3-19/h4-6H,1-3H2,(H2,11,15,16,17). The van der Waals surface area contributed by atoms with Gasteiger partial charge >= 0.3 is 0 Å². The highest BCUT2D eigenvalue weighted by Crippen LogP contribution is 2.17. The highest BCUT2D eigenvalue weighted by Gasteiger charge is 2.21. The first-order valence-electron chi connectivity index (χ1n) is 6.28. The molecule has 21 heavy (non-hydrogen) atoms. The topological polar surface area (TPSA) is 129 Å². The highest BCUT2D eigenvalue weighted by molar-refractivity contribution is 5.38. The molecule has 11 heteroatoms. The Bertz CT molecular complexity index is 761. The molecule has 4 rings (SSSR count). The van der Waals surface area contributed by atoms with E-state index in [1.807, 2.05) is 9.47 Å². The molecule has 4 heterocycles. The fourth-order valence-corrected chi connectivity index (χ4v) is 2.16. The smallest absolute Gasteiger partial charge is 0.258 e. The maximum absolute atomic E-state index is 5.76. The van der Waals surface area contributed by atoms with Crippen molar-refractivity contribution in [3.05, 3.63) is 24.8 Å². The van der Waals surface area contributed by atoms with E-state index in [1.165, 1.54) is 17.3 Å². The Hall–Kier alpha value is -3.11. The van der Waals surface area contributed by atoms with Crippen LogP contribution in [-0.2, 0) is 13.1 Å².